The van der Waals surface area contributed by atoms with Crippen LogP contribution in [0.1, 0.15) is 6.92 Å². The number of hydrazone groups is 1. The van der Waals surface area contributed by atoms with Crippen LogP contribution in [0, 0.1) is 5.41 Å². The van der Waals surface area contributed by atoms with Crippen molar-refractivity contribution in [1.29, 1.82) is 5.41 Å². The van der Waals surface area contributed by atoms with E-state index in [0.717, 1.165) is 17.6 Å². The van der Waals surface area contributed by atoms with E-state index in [1.165, 1.54) is 29.3 Å². The second kappa shape index (κ2) is 11.3. The number of hydrogen-bond donors (Lipinski definition) is 2. The number of nitrogens with zero attached hydrogens (tertiary/aromatic N) is 4. The molecular formula is C17H15ClHgN6O2S3. The summed E-state index contributed by atoms with van der Waals surface area (Å²) < 4.78 is 26.8. The van der Waals surface area contributed by atoms with Gasteiger partial charge in [0.1, 0.15) is 0 Å². The van der Waals surface area contributed by atoms with Gasteiger partial charge in [0, 0.05) is 17.5 Å². The quantitative estimate of drug-likeness (QED) is 0.212. The second-order valence-electron chi connectivity index (χ2n) is 5.66. The van der Waals surface area contributed by atoms with Gasteiger partial charge in [0.15, 0.2) is 5.84 Å². The maximum atomic E-state index is 11.2. The minimum atomic E-state index is -3.75. The Morgan fingerprint density at radius 1 is 1.20 bits per heavy atom. The molecule has 0 aliphatic carbocycles. The molecule has 1 aliphatic rings. The van der Waals surface area contributed by atoms with Crippen LogP contribution in [0.5, 0.6) is 0 Å². The molecule has 0 aromatic heterocycles. The van der Waals surface area contributed by atoms with Gasteiger partial charge in [-0.3, -0.25) is 5.41 Å². The Labute approximate surface area is 204 Å². The van der Waals surface area contributed by atoms with Gasteiger partial charge in [-0.15, -0.1) is 13.9 Å². The summed E-state index contributed by atoms with van der Waals surface area (Å²) in [4.78, 5) is -0.00239. The average molecular weight is 668 g/mol. The molecule has 1 aliphatic heterocycles. The number of primary sulfonamides is 1. The van der Waals surface area contributed by atoms with Crippen LogP contribution in [0.3, 0.4) is 0 Å². The number of halogens is 1. The van der Waals surface area contributed by atoms with Crippen molar-refractivity contribution in [2.45, 2.75) is 11.8 Å². The van der Waals surface area contributed by atoms with Crippen LogP contribution in [0.2, 0.25) is 0 Å². The molecule has 8 nitrogen and oxygen atoms in total. The van der Waals surface area contributed by atoms with Gasteiger partial charge in [-0.05, 0) is 43.3 Å². The summed E-state index contributed by atoms with van der Waals surface area (Å²) in [6, 6.07) is 15.0. The van der Waals surface area contributed by atoms with Gasteiger partial charge in [-0.2, -0.15) is 5.10 Å². The molecule has 13 heteroatoms. The van der Waals surface area contributed by atoms with Crippen LogP contribution in [0.15, 0.2) is 84.0 Å². The summed E-state index contributed by atoms with van der Waals surface area (Å²) in [5.41, 5.74) is 2.36. The fraction of sp³-hybridized carbons (Fsp3) is 0.0588. The molecule has 0 saturated carbocycles. The molecule has 30 heavy (non-hydrogen) atoms. The van der Waals surface area contributed by atoms with Crippen molar-refractivity contribution in [3.8, 4) is 0 Å². The molecule has 1 heterocycles. The number of amidine groups is 1. The molecule has 0 saturated heterocycles. The fourth-order valence-corrected chi connectivity index (χ4v) is 3.79. The Morgan fingerprint density at radius 3 is 2.37 bits per heavy atom. The zero-order valence-corrected chi connectivity index (χ0v) is 24.4. The first-order valence-electron chi connectivity index (χ1n) is 8.16. The Morgan fingerprint density at radius 2 is 1.80 bits per heavy atom. The topological polar surface area (TPSA) is 124 Å². The molecule has 3 rings (SSSR count). The van der Waals surface area contributed by atoms with Gasteiger partial charge in [0.05, 0.1) is 22.0 Å². The van der Waals surface area contributed by atoms with Crippen molar-refractivity contribution >= 4 is 65.8 Å². The second-order valence-corrected chi connectivity index (χ2v) is 8.64. The van der Waals surface area contributed by atoms with Crippen molar-refractivity contribution in [2.24, 2.45) is 19.9 Å². The van der Waals surface area contributed by atoms with Crippen LogP contribution >= 0.6 is 20.2 Å². The van der Waals surface area contributed by atoms with Gasteiger partial charge in [0.25, 0.3) is 0 Å². The standard InChI is InChI=1S/C17H16N6O2S3.ClH.Hg/c1-11-15(16(18)23(21-11)13-5-3-2-4-6-13)17(26)27-22-20-12-7-9-14(10-8-12)28(19,24)25;;/h2-10,18,26H,1H3,(H2,19,24,25);1H;/q;;+2/p-2/b17-15-,18-16?,22-20?;;. The number of nitrogens with one attached hydrogen (secondary N) is 1. The van der Waals surface area contributed by atoms with E-state index in [-0.39, 0.29) is 10.7 Å². The molecule has 3 N–H and O–H groups in total. The number of rotatable bonds is 5. The first-order chi connectivity index (χ1) is 14.3. The van der Waals surface area contributed by atoms with Crippen LogP contribution in [-0.2, 0) is 47.5 Å². The summed E-state index contributed by atoms with van der Waals surface area (Å²) in [5, 5.41) is 23.3. The van der Waals surface area contributed by atoms with Crippen LogP contribution < -0.4 is 10.1 Å². The first kappa shape index (κ1) is 24.9. The van der Waals surface area contributed by atoms with Crippen LogP contribution in [-0.4, -0.2) is 20.0 Å². The van der Waals surface area contributed by atoms with Crippen molar-refractivity contribution in [1.82, 2.24) is 0 Å². The first-order valence-corrected chi connectivity index (χ1v) is 17.7. The number of sulfonamides is 1. The third kappa shape index (κ3) is 6.31. The Bertz CT molecular complexity index is 1110. The third-order valence-corrected chi connectivity index (χ3v) is 5.60. The summed E-state index contributed by atoms with van der Waals surface area (Å²) in [5.74, 6) is 0.175. The monoisotopic (exact) mass is 668 g/mol. The molecule has 152 valence electrons. The number of hydrogen-bond acceptors (Lipinski definition) is 8. The third-order valence-electron chi connectivity index (χ3n) is 3.71. The Hall–Kier alpha value is -1.37. The Kier molecular flexibility index (Phi) is 9.38. The zero-order valence-electron chi connectivity index (χ0n) is 15.7. The molecule has 0 atom stereocenters. The van der Waals surface area contributed by atoms with Gasteiger partial charge in [-0.1, -0.05) is 18.2 Å². The predicted molar refractivity (Wildman–Crippen MR) is 120 cm³/mol. The van der Waals surface area contributed by atoms with Gasteiger partial charge in [-0.25, -0.2) is 18.6 Å². The van der Waals surface area contributed by atoms with Crippen molar-refractivity contribution < 1.29 is 33.3 Å². The van der Waals surface area contributed by atoms with Gasteiger partial charge in [0.2, 0.25) is 10.0 Å². The number of nitrogens with two attached hydrogens (primary N) is 1. The summed E-state index contributed by atoms with van der Waals surface area (Å²) in [6.45, 7) is 1.78. The van der Waals surface area contributed by atoms with Crippen molar-refractivity contribution in [2.75, 3.05) is 5.01 Å². The van der Waals surface area contributed by atoms with E-state index in [4.69, 9.17) is 31.4 Å². The zero-order chi connectivity index (χ0) is 22.3. The molecule has 0 radical (unpaired) electrons. The molecule has 0 amide bonds. The molecular weight excluding hydrogens is 652 g/mol. The van der Waals surface area contributed by atoms with Crippen molar-refractivity contribution in [3.63, 3.8) is 0 Å². The number of anilines is 1. The molecule has 2 aromatic carbocycles. The molecule has 0 fully saturated rings. The number of benzene rings is 2. The summed E-state index contributed by atoms with van der Waals surface area (Å²) >= 11 is 6.83. The average Bonchev–Trinajstić information content (AvgIpc) is 3.04. The normalized spacial score (nSPS) is 15.7. The summed E-state index contributed by atoms with van der Waals surface area (Å²) in [6.07, 6.45) is 0. The Balaban J connectivity index is 0.00000155. The minimum absolute atomic E-state index is 0.00239. The molecule has 0 bridgehead atoms. The van der Waals surface area contributed by atoms with E-state index in [2.05, 4.69) is 14.7 Å². The molecule has 0 spiro atoms. The predicted octanol–water partition coefficient (Wildman–Crippen LogP) is 4.38. The van der Waals surface area contributed by atoms with Crippen molar-refractivity contribution in [3.05, 3.63) is 64.4 Å². The van der Waals surface area contributed by atoms with E-state index in [1.807, 2.05) is 30.3 Å². The number of para-hydroxylation sites is 1. The van der Waals surface area contributed by atoms with Crippen LogP contribution in [0.4, 0.5) is 11.4 Å². The SMILES string of the molecule is CC1=NN(c2ccccc2)C(=N)/C1=C(/[S-])SN=Nc1ccc(S(N)(=O)=O)cc1.[Cl][Hg+]. The van der Waals surface area contributed by atoms with E-state index < -0.39 is 10.0 Å². The van der Waals surface area contributed by atoms with Crippen LogP contribution in [0.25, 0.3) is 0 Å². The van der Waals surface area contributed by atoms with E-state index in [1.54, 1.807) is 6.92 Å². The molecule has 2 aromatic rings. The van der Waals surface area contributed by atoms with Gasteiger partial charge < -0.3 is 12.6 Å². The van der Waals surface area contributed by atoms with E-state index in [0.29, 0.717) is 46.1 Å². The summed E-state index contributed by atoms with van der Waals surface area (Å²) in [7, 11) is 1.09. The van der Waals surface area contributed by atoms with Gasteiger partial charge >= 0.3 is 33.1 Å². The maximum absolute atomic E-state index is 11.2. The van der Waals surface area contributed by atoms with E-state index in [9.17, 15) is 8.42 Å². The van der Waals surface area contributed by atoms with E-state index >= 15 is 0 Å². The molecule has 0 unspecified atom stereocenters. The fourth-order valence-electron chi connectivity index (χ4n) is 2.38.